The molecule has 0 bridgehead atoms. The van der Waals surface area contributed by atoms with Crippen LogP contribution in [0, 0.1) is 5.21 Å². The van der Waals surface area contributed by atoms with Crippen molar-refractivity contribution in [2.75, 3.05) is 0 Å². The van der Waals surface area contributed by atoms with Crippen LogP contribution in [0.2, 0.25) is 0 Å². The quantitative estimate of drug-likeness (QED) is 0.801. The molecule has 2 aromatic rings. The van der Waals surface area contributed by atoms with Gasteiger partial charge < -0.3 is 14.9 Å². The molecule has 1 N–H and O–H groups in total. The molecule has 0 aliphatic rings. The molecule has 0 saturated heterocycles. The zero-order valence-corrected chi connectivity index (χ0v) is 8.41. The first kappa shape index (κ1) is 10.5. The van der Waals surface area contributed by atoms with Crippen LogP contribution in [0.15, 0.2) is 53.1 Å². The maximum absolute atomic E-state index is 10.2. The van der Waals surface area contributed by atoms with Crippen LogP contribution in [0.5, 0.6) is 0 Å². The Balaban J connectivity index is 2.20. The van der Waals surface area contributed by atoms with E-state index in [1.54, 1.807) is 6.07 Å². The van der Waals surface area contributed by atoms with Crippen molar-refractivity contribution < 1.29 is 9.62 Å². The molecule has 0 saturated carbocycles. The van der Waals surface area contributed by atoms with Gasteiger partial charge in [0.15, 0.2) is 0 Å². The highest BCUT2D eigenvalue weighted by molar-refractivity contribution is 5.59. The molecule has 0 aliphatic heterocycles. The lowest BCUT2D eigenvalue weighted by Crippen LogP contribution is -1.97. The average molecular weight is 216 g/mol. The second-order valence-corrected chi connectivity index (χ2v) is 3.19. The van der Waals surface area contributed by atoms with Gasteiger partial charge in [0, 0.05) is 11.8 Å². The predicted molar refractivity (Wildman–Crippen MR) is 60.2 cm³/mol. The average Bonchev–Trinajstić information content (AvgIpc) is 2.76. The number of rotatable bonds is 3. The van der Waals surface area contributed by atoms with Crippen LogP contribution in [-0.4, -0.2) is 10.4 Å². The highest BCUT2D eigenvalue weighted by atomic mass is 16.8. The number of hydrogen-bond donors (Lipinski definition) is 1. The van der Waals surface area contributed by atoms with Gasteiger partial charge in [-0.05, 0) is 18.2 Å². The fraction of sp³-hybridized carbons (Fsp3) is 0. The van der Waals surface area contributed by atoms with E-state index in [-0.39, 0.29) is 5.23 Å². The standard InChI is InChI=1S/C12H10NO3/c14-13(15)9-8-11-6-7-12(16-11)10-4-2-1-3-5-10/h1-9,14H/q-1. The number of hydrogen-bond acceptors (Lipinski definition) is 4. The normalized spacial score (nSPS) is 10.9. The summed E-state index contributed by atoms with van der Waals surface area (Å²) in [5, 5.41) is 18.4. The molecule has 0 radical (unpaired) electrons. The van der Waals surface area contributed by atoms with Crippen molar-refractivity contribution in [3.63, 3.8) is 0 Å². The van der Waals surface area contributed by atoms with Gasteiger partial charge in [-0.2, -0.15) is 0 Å². The molecule has 0 fully saturated rings. The van der Waals surface area contributed by atoms with E-state index in [0.717, 1.165) is 17.5 Å². The molecule has 0 spiro atoms. The monoisotopic (exact) mass is 216 g/mol. The number of hydroxylamine groups is 2. The largest absolute Gasteiger partial charge is 0.734 e. The Morgan fingerprint density at radius 2 is 1.88 bits per heavy atom. The Hall–Kier alpha value is -2.04. The van der Waals surface area contributed by atoms with E-state index in [9.17, 15) is 5.21 Å². The Morgan fingerprint density at radius 1 is 1.12 bits per heavy atom. The van der Waals surface area contributed by atoms with Gasteiger partial charge in [0.05, 0.1) is 0 Å². The maximum Gasteiger partial charge on any atom is 0.134 e. The summed E-state index contributed by atoms with van der Waals surface area (Å²) in [6.45, 7) is 0. The first-order valence-electron chi connectivity index (χ1n) is 4.74. The van der Waals surface area contributed by atoms with Gasteiger partial charge in [-0.3, -0.25) is 5.21 Å². The fourth-order valence-corrected chi connectivity index (χ4v) is 1.34. The summed E-state index contributed by atoms with van der Waals surface area (Å²) in [6, 6.07) is 13.1. The fourth-order valence-electron chi connectivity index (χ4n) is 1.34. The van der Waals surface area contributed by atoms with Crippen LogP contribution in [0.4, 0.5) is 0 Å². The van der Waals surface area contributed by atoms with E-state index in [2.05, 4.69) is 0 Å². The van der Waals surface area contributed by atoms with Crippen molar-refractivity contribution in [2.24, 2.45) is 0 Å². The van der Waals surface area contributed by atoms with Crippen molar-refractivity contribution in [2.45, 2.75) is 0 Å². The molecule has 4 heteroatoms. The summed E-state index contributed by atoms with van der Waals surface area (Å²) >= 11 is 0. The van der Waals surface area contributed by atoms with Crippen molar-refractivity contribution in [3.05, 3.63) is 59.6 Å². The van der Waals surface area contributed by atoms with E-state index in [0.29, 0.717) is 5.76 Å². The van der Waals surface area contributed by atoms with Gasteiger partial charge in [-0.1, -0.05) is 30.3 Å². The third kappa shape index (κ3) is 2.50. The van der Waals surface area contributed by atoms with E-state index in [1.807, 2.05) is 36.4 Å². The number of nitrogens with zero attached hydrogens (tertiary/aromatic N) is 1. The molecule has 0 aliphatic carbocycles. The molecule has 16 heavy (non-hydrogen) atoms. The van der Waals surface area contributed by atoms with Crippen LogP contribution in [0.3, 0.4) is 0 Å². The topological polar surface area (TPSA) is 59.7 Å². The lowest BCUT2D eigenvalue weighted by molar-refractivity contribution is 0.0128. The Bertz CT molecular complexity index is 474. The molecule has 2 rings (SSSR count). The second-order valence-electron chi connectivity index (χ2n) is 3.19. The van der Waals surface area contributed by atoms with Gasteiger partial charge in [-0.15, -0.1) is 0 Å². The summed E-state index contributed by atoms with van der Waals surface area (Å²) in [4.78, 5) is 0. The van der Waals surface area contributed by atoms with Gasteiger partial charge in [0.1, 0.15) is 11.5 Å². The number of benzene rings is 1. The molecule has 0 unspecified atom stereocenters. The van der Waals surface area contributed by atoms with Crippen LogP contribution in [0.25, 0.3) is 17.4 Å². The molecule has 4 nitrogen and oxygen atoms in total. The van der Waals surface area contributed by atoms with Crippen LogP contribution < -0.4 is 0 Å². The Kier molecular flexibility index (Phi) is 3.05. The second kappa shape index (κ2) is 4.65. The van der Waals surface area contributed by atoms with Crippen LogP contribution in [-0.2, 0) is 0 Å². The summed E-state index contributed by atoms with van der Waals surface area (Å²) in [7, 11) is 0. The molecule has 82 valence electrons. The molecule has 1 aromatic heterocycles. The van der Waals surface area contributed by atoms with E-state index < -0.39 is 0 Å². The van der Waals surface area contributed by atoms with E-state index in [1.165, 1.54) is 6.08 Å². The maximum atomic E-state index is 10.2. The summed E-state index contributed by atoms with van der Waals surface area (Å²) in [5.74, 6) is 1.23. The van der Waals surface area contributed by atoms with E-state index in [4.69, 9.17) is 9.62 Å². The SMILES string of the molecule is [O-]N(O)C=Cc1ccc(-c2ccccc2)o1. The first-order chi connectivity index (χ1) is 7.75. The summed E-state index contributed by atoms with van der Waals surface area (Å²) in [6.07, 6.45) is 2.35. The summed E-state index contributed by atoms with van der Waals surface area (Å²) < 4.78 is 5.46. The Labute approximate surface area is 92.6 Å². The highest BCUT2D eigenvalue weighted by Gasteiger charge is 2.01. The molecule has 0 atom stereocenters. The van der Waals surface area contributed by atoms with E-state index >= 15 is 0 Å². The van der Waals surface area contributed by atoms with Crippen molar-refractivity contribution in [3.8, 4) is 11.3 Å². The van der Waals surface area contributed by atoms with Gasteiger partial charge in [0.25, 0.3) is 0 Å². The van der Waals surface area contributed by atoms with Gasteiger partial charge in [-0.25, -0.2) is 0 Å². The molecule has 1 heterocycles. The molecule has 0 amide bonds. The molecular formula is C12H10NO3-. The minimum Gasteiger partial charge on any atom is -0.734 e. The molecule has 1 aromatic carbocycles. The highest BCUT2D eigenvalue weighted by Crippen LogP contribution is 2.22. The lowest BCUT2D eigenvalue weighted by Gasteiger charge is -2.14. The third-order valence-electron chi connectivity index (χ3n) is 2.05. The van der Waals surface area contributed by atoms with Crippen molar-refractivity contribution in [1.82, 2.24) is 5.23 Å². The van der Waals surface area contributed by atoms with Gasteiger partial charge >= 0.3 is 0 Å². The third-order valence-corrected chi connectivity index (χ3v) is 2.05. The number of furan rings is 1. The van der Waals surface area contributed by atoms with Crippen molar-refractivity contribution in [1.29, 1.82) is 0 Å². The molecular weight excluding hydrogens is 206 g/mol. The predicted octanol–water partition coefficient (Wildman–Crippen LogP) is 3.11. The van der Waals surface area contributed by atoms with Gasteiger partial charge in [0.2, 0.25) is 0 Å². The minimum atomic E-state index is -0.273. The van der Waals surface area contributed by atoms with Crippen LogP contribution >= 0.6 is 0 Å². The minimum absolute atomic E-state index is 0.273. The zero-order chi connectivity index (χ0) is 11.4. The van der Waals surface area contributed by atoms with Crippen LogP contribution in [0.1, 0.15) is 5.76 Å². The lowest BCUT2D eigenvalue weighted by atomic mass is 10.2. The zero-order valence-electron chi connectivity index (χ0n) is 8.41. The van der Waals surface area contributed by atoms with Crippen molar-refractivity contribution >= 4 is 6.08 Å². The smallest absolute Gasteiger partial charge is 0.134 e. The Morgan fingerprint density at radius 3 is 2.56 bits per heavy atom. The first-order valence-corrected chi connectivity index (χ1v) is 4.74. The summed E-state index contributed by atoms with van der Waals surface area (Å²) in [5.41, 5.74) is 0.963.